The lowest BCUT2D eigenvalue weighted by Crippen LogP contribution is -2.47. The summed E-state index contributed by atoms with van der Waals surface area (Å²) in [6.45, 7) is 7.34. The number of H-pyrrole nitrogens is 1. The molecule has 0 radical (unpaired) electrons. The largest absolute Gasteiger partial charge is 0.492 e. The molecule has 5 rings (SSSR count). The van der Waals surface area contributed by atoms with Gasteiger partial charge in [-0.1, -0.05) is 37.3 Å². The molecule has 0 atom stereocenters. The second-order valence-corrected chi connectivity index (χ2v) is 11.1. The summed E-state index contributed by atoms with van der Waals surface area (Å²) in [6.07, 6.45) is 2.16. The van der Waals surface area contributed by atoms with Crippen LogP contribution in [0.1, 0.15) is 12.5 Å². The number of rotatable bonds is 9. The molecule has 4 aromatic rings. The lowest BCUT2D eigenvalue weighted by molar-refractivity contribution is 0.200. The molecule has 194 valence electrons. The van der Waals surface area contributed by atoms with Gasteiger partial charge in [-0.3, -0.25) is 9.62 Å². The summed E-state index contributed by atoms with van der Waals surface area (Å²) >= 11 is 0. The molecule has 1 saturated heterocycles. The molecule has 0 saturated carbocycles. The Labute approximate surface area is 218 Å². The highest BCUT2D eigenvalue weighted by molar-refractivity contribution is 7.92. The van der Waals surface area contributed by atoms with Crippen LogP contribution < -0.4 is 14.4 Å². The topological polar surface area (TPSA) is 90.6 Å². The number of ether oxygens (including phenoxy) is 1. The van der Waals surface area contributed by atoms with E-state index >= 15 is 0 Å². The van der Waals surface area contributed by atoms with Crippen molar-refractivity contribution in [2.45, 2.75) is 13.3 Å². The van der Waals surface area contributed by atoms with Crippen LogP contribution in [0.2, 0.25) is 0 Å². The van der Waals surface area contributed by atoms with Crippen molar-refractivity contribution in [1.82, 2.24) is 14.9 Å². The number of nitrogens with one attached hydrogen (secondary N) is 2. The van der Waals surface area contributed by atoms with E-state index < -0.39 is 10.0 Å². The first-order chi connectivity index (χ1) is 17.9. The number of piperazine rings is 1. The molecule has 37 heavy (non-hydrogen) atoms. The number of benzene rings is 3. The monoisotopic (exact) mass is 519 g/mol. The Kier molecular flexibility index (Phi) is 7.34. The molecule has 0 unspecified atom stereocenters. The predicted octanol–water partition coefficient (Wildman–Crippen LogP) is 4.36. The van der Waals surface area contributed by atoms with Crippen molar-refractivity contribution < 1.29 is 13.2 Å². The third kappa shape index (κ3) is 6.23. The number of hydrogen-bond acceptors (Lipinski definition) is 6. The second-order valence-electron chi connectivity index (χ2n) is 9.38. The molecule has 2 N–H and O–H groups in total. The first-order valence-corrected chi connectivity index (χ1v) is 14.5. The van der Waals surface area contributed by atoms with Crippen molar-refractivity contribution >= 4 is 32.4 Å². The molecule has 0 aliphatic carbocycles. The number of para-hydroxylation sites is 1. The van der Waals surface area contributed by atoms with Crippen LogP contribution in [0.3, 0.4) is 0 Å². The van der Waals surface area contributed by atoms with Gasteiger partial charge in [0.15, 0.2) is 0 Å². The van der Waals surface area contributed by atoms with Crippen LogP contribution >= 0.6 is 0 Å². The molecule has 1 fully saturated rings. The Hall–Kier alpha value is -3.56. The summed E-state index contributed by atoms with van der Waals surface area (Å²) in [6, 6.07) is 21.9. The molecule has 1 aliphatic heterocycles. The number of aromatic amines is 1. The molecule has 0 bridgehead atoms. The molecule has 1 aromatic heterocycles. The molecule has 0 amide bonds. The maximum absolute atomic E-state index is 11.3. The van der Waals surface area contributed by atoms with E-state index in [4.69, 9.17) is 9.72 Å². The fraction of sp³-hybridized carbons (Fsp3) is 0.321. The predicted molar refractivity (Wildman–Crippen MR) is 150 cm³/mol. The minimum Gasteiger partial charge on any atom is -0.492 e. The van der Waals surface area contributed by atoms with Gasteiger partial charge in [-0.2, -0.15) is 0 Å². The highest BCUT2D eigenvalue weighted by atomic mass is 32.2. The number of imidazole rings is 1. The normalized spacial score (nSPS) is 14.7. The number of nitrogens with zero attached hydrogens (tertiary/aromatic N) is 3. The Morgan fingerprint density at radius 1 is 0.973 bits per heavy atom. The van der Waals surface area contributed by atoms with Crippen LogP contribution in [-0.2, 0) is 16.4 Å². The summed E-state index contributed by atoms with van der Waals surface area (Å²) < 4.78 is 31.0. The van der Waals surface area contributed by atoms with E-state index in [0.717, 1.165) is 73.6 Å². The van der Waals surface area contributed by atoms with Crippen LogP contribution in [0, 0.1) is 0 Å². The van der Waals surface area contributed by atoms with Crippen molar-refractivity contribution in [2.75, 3.05) is 55.2 Å². The maximum atomic E-state index is 11.3. The number of aromatic nitrogens is 2. The fourth-order valence-electron chi connectivity index (χ4n) is 4.65. The molecule has 9 heteroatoms. The number of hydrogen-bond donors (Lipinski definition) is 2. The standard InChI is InChI=1S/C28H33N5O3S/c1-3-21-7-9-22(10-8-21)28-29-25-5-4-6-26(27(25)30-28)33-17-15-32(16-18-33)19-20-36-24-13-11-23(12-14-24)31-37(2,34)35/h4-14,31H,3,15-20H2,1-2H3,(H,29,30). The van der Waals surface area contributed by atoms with E-state index in [2.05, 4.69) is 68.9 Å². The Morgan fingerprint density at radius 3 is 2.38 bits per heavy atom. The number of anilines is 2. The molecule has 0 spiro atoms. The van der Waals surface area contributed by atoms with Gasteiger partial charge in [0.1, 0.15) is 23.7 Å². The third-order valence-electron chi connectivity index (χ3n) is 6.67. The average molecular weight is 520 g/mol. The van der Waals surface area contributed by atoms with Gasteiger partial charge in [0.05, 0.1) is 17.5 Å². The minimum absolute atomic E-state index is 0.527. The van der Waals surface area contributed by atoms with Gasteiger partial charge in [-0.25, -0.2) is 13.4 Å². The number of aryl methyl sites for hydroxylation is 1. The van der Waals surface area contributed by atoms with Crippen molar-refractivity contribution in [3.63, 3.8) is 0 Å². The summed E-state index contributed by atoms with van der Waals surface area (Å²) in [7, 11) is -3.28. The van der Waals surface area contributed by atoms with E-state index in [0.29, 0.717) is 12.3 Å². The maximum Gasteiger partial charge on any atom is 0.229 e. The third-order valence-corrected chi connectivity index (χ3v) is 7.28. The molecule has 2 heterocycles. The van der Waals surface area contributed by atoms with E-state index in [1.165, 1.54) is 11.3 Å². The SMILES string of the molecule is CCc1ccc(-c2nc3c(N4CCN(CCOc5ccc(NS(C)(=O)=O)cc5)CC4)cccc3[nH]2)cc1. The van der Waals surface area contributed by atoms with Gasteiger partial charge in [-0.15, -0.1) is 0 Å². The fourth-order valence-corrected chi connectivity index (χ4v) is 5.21. The molecular weight excluding hydrogens is 486 g/mol. The highest BCUT2D eigenvalue weighted by Crippen LogP contribution is 2.29. The Morgan fingerprint density at radius 2 is 1.70 bits per heavy atom. The van der Waals surface area contributed by atoms with Gasteiger partial charge >= 0.3 is 0 Å². The second kappa shape index (κ2) is 10.8. The summed E-state index contributed by atoms with van der Waals surface area (Å²) in [4.78, 5) is 13.3. The Bertz CT molecular complexity index is 1440. The van der Waals surface area contributed by atoms with Crippen molar-refractivity contribution in [3.8, 4) is 17.1 Å². The van der Waals surface area contributed by atoms with E-state index in [-0.39, 0.29) is 0 Å². The van der Waals surface area contributed by atoms with Gasteiger partial charge in [0.2, 0.25) is 10.0 Å². The van der Waals surface area contributed by atoms with Gasteiger partial charge < -0.3 is 14.6 Å². The van der Waals surface area contributed by atoms with E-state index in [1.54, 1.807) is 24.3 Å². The van der Waals surface area contributed by atoms with Crippen LogP contribution in [0.4, 0.5) is 11.4 Å². The zero-order valence-corrected chi connectivity index (χ0v) is 22.1. The van der Waals surface area contributed by atoms with Gasteiger partial charge in [-0.05, 0) is 48.4 Å². The zero-order chi connectivity index (χ0) is 25.8. The van der Waals surface area contributed by atoms with E-state index in [9.17, 15) is 8.42 Å². The van der Waals surface area contributed by atoms with Crippen LogP contribution in [0.15, 0.2) is 66.7 Å². The highest BCUT2D eigenvalue weighted by Gasteiger charge is 2.20. The average Bonchev–Trinajstić information content (AvgIpc) is 3.34. The first-order valence-electron chi connectivity index (χ1n) is 12.6. The van der Waals surface area contributed by atoms with Crippen molar-refractivity contribution in [2.24, 2.45) is 0 Å². The summed E-state index contributed by atoms with van der Waals surface area (Å²) in [5.74, 6) is 1.63. The Balaban J connectivity index is 1.16. The molecule has 8 nitrogen and oxygen atoms in total. The first kappa shape index (κ1) is 25.1. The zero-order valence-electron chi connectivity index (χ0n) is 21.3. The van der Waals surface area contributed by atoms with Crippen molar-refractivity contribution in [3.05, 3.63) is 72.3 Å². The molecular formula is C28H33N5O3S. The molecule has 3 aromatic carbocycles. The lowest BCUT2D eigenvalue weighted by atomic mass is 10.1. The molecule has 1 aliphatic rings. The minimum atomic E-state index is -3.28. The smallest absolute Gasteiger partial charge is 0.229 e. The summed E-state index contributed by atoms with van der Waals surface area (Å²) in [5, 5.41) is 0. The van der Waals surface area contributed by atoms with Crippen LogP contribution in [0.5, 0.6) is 5.75 Å². The van der Waals surface area contributed by atoms with Crippen LogP contribution in [-0.4, -0.2) is 68.9 Å². The number of fused-ring (bicyclic) bond motifs is 1. The van der Waals surface area contributed by atoms with Gasteiger partial charge in [0, 0.05) is 44.0 Å². The number of sulfonamides is 1. The van der Waals surface area contributed by atoms with Gasteiger partial charge in [0.25, 0.3) is 0 Å². The van der Waals surface area contributed by atoms with Crippen molar-refractivity contribution in [1.29, 1.82) is 0 Å². The van der Waals surface area contributed by atoms with Crippen LogP contribution in [0.25, 0.3) is 22.4 Å². The quantitative estimate of drug-likeness (QED) is 0.341. The lowest BCUT2D eigenvalue weighted by Gasteiger charge is -2.36. The van der Waals surface area contributed by atoms with E-state index in [1.807, 2.05) is 0 Å². The summed E-state index contributed by atoms with van der Waals surface area (Å²) in [5.41, 5.74) is 6.20.